The summed E-state index contributed by atoms with van der Waals surface area (Å²) in [7, 11) is 0. The number of aromatic nitrogens is 1. The first-order valence-electron chi connectivity index (χ1n) is 6.90. The number of aromatic hydroxyl groups is 1. The topological polar surface area (TPSA) is 37.5 Å². The van der Waals surface area contributed by atoms with Crippen molar-refractivity contribution in [2.75, 3.05) is 0 Å². The zero-order chi connectivity index (χ0) is 15.5. The zero-order valence-electron chi connectivity index (χ0n) is 12.1. The van der Waals surface area contributed by atoms with Crippen molar-refractivity contribution in [3.05, 3.63) is 75.6 Å². The molecular formula is C18H15IN2O. The number of aryl methyl sites for hydroxylation is 1. The lowest BCUT2D eigenvalue weighted by Gasteiger charge is -2.06. The summed E-state index contributed by atoms with van der Waals surface area (Å²) >= 11 is 2.30. The summed E-state index contributed by atoms with van der Waals surface area (Å²) < 4.78 is 3.24. The van der Waals surface area contributed by atoms with Gasteiger partial charge in [-0.1, -0.05) is 0 Å². The van der Waals surface area contributed by atoms with Crippen LogP contribution in [0, 0.1) is 10.5 Å². The molecule has 1 heterocycles. The average molecular weight is 402 g/mol. The first-order chi connectivity index (χ1) is 10.6. The fourth-order valence-electron chi connectivity index (χ4n) is 2.25. The van der Waals surface area contributed by atoms with Crippen molar-refractivity contribution >= 4 is 34.5 Å². The maximum atomic E-state index is 9.39. The Morgan fingerprint density at radius 2 is 1.86 bits per heavy atom. The summed E-state index contributed by atoms with van der Waals surface area (Å²) in [5.41, 5.74) is 4.11. The van der Waals surface area contributed by atoms with Gasteiger partial charge in [0.15, 0.2) is 0 Å². The first kappa shape index (κ1) is 14.8. The predicted molar refractivity (Wildman–Crippen MR) is 98.6 cm³/mol. The van der Waals surface area contributed by atoms with Crippen LogP contribution < -0.4 is 0 Å². The van der Waals surface area contributed by atoms with Crippen LogP contribution in [0.1, 0.15) is 11.3 Å². The molecule has 0 amide bonds. The van der Waals surface area contributed by atoms with E-state index in [1.54, 1.807) is 12.1 Å². The lowest BCUT2D eigenvalue weighted by Crippen LogP contribution is -1.97. The van der Waals surface area contributed by atoms with Gasteiger partial charge in [0.05, 0.1) is 17.6 Å². The molecule has 0 aliphatic heterocycles. The number of phenols is 1. The van der Waals surface area contributed by atoms with Crippen LogP contribution in [0.25, 0.3) is 5.69 Å². The molecule has 22 heavy (non-hydrogen) atoms. The Kier molecular flexibility index (Phi) is 4.29. The van der Waals surface area contributed by atoms with E-state index >= 15 is 0 Å². The van der Waals surface area contributed by atoms with Crippen LogP contribution >= 0.6 is 22.6 Å². The zero-order valence-corrected chi connectivity index (χ0v) is 14.2. The molecular weight excluding hydrogens is 387 g/mol. The van der Waals surface area contributed by atoms with E-state index in [4.69, 9.17) is 0 Å². The van der Waals surface area contributed by atoms with Gasteiger partial charge in [0.2, 0.25) is 0 Å². The summed E-state index contributed by atoms with van der Waals surface area (Å²) in [6.07, 6.45) is 3.84. The van der Waals surface area contributed by atoms with Crippen molar-refractivity contribution < 1.29 is 5.11 Å². The Morgan fingerprint density at radius 3 is 2.59 bits per heavy atom. The molecule has 0 unspecified atom stereocenters. The van der Waals surface area contributed by atoms with E-state index in [1.165, 1.54) is 3.57 Å². The molecule has 0 aliphatic rings. The second-order valence-corrected chi connectivity index (χ2v) is 6.25. The Bertz CT molecular complexity index is 819. The van der Waals surface area contributed by atoms with Gasteiger partial charge in [-0.15, -0.1) is 0 Å². The molecule has 110 valence electrons. The Morgan fingerprint density at radius 1 is 1.09 bits per heavy atom. The molecule has 3 nitrogen and oxygen atoms in total. The van der Waals surface area contributed by atoms with Crippen LogP contribution in [0.5, 0.6) is 5.75 Å². The number of rotatable bonds is 3. The van der Waals surface area contributed by atoms with E-state index in [-0.39, 0.29) is 5.75 Å². The number of benzene rings is 2. The van der Waals surface area contributed by atoms with Crippen molar-refractivity contribution in [2.45, 2.75) is 6.92 Å². The minimum atomic E-state index is 0.264. The van der Waals surface area contributed by atoms with Crippen LogP contribution in [0.15, 0.2) is 65.8 Å². The molecule has 0 saturated carbocycles. The standard InChI is InChI=1S/C18H15IN2O/c1-13-11-14(19)4-9-18(13)20-12-16-3-2-10-21(16)15-5-7-17(22)8-6-15/h2-12,22H,1H3. The third-order valence-electron chi connectivity index (χ3n) is 3.40. The van der Waals surface area contributed by atoms with Gasteiger partial charge in [-0.25, -0.2) is 0 Å². The number of hydrogen-bond donors (Lipinski definition) is 1. The fourth-order valence-corrected chi connectivity index (χ4v) is 2.89. The van der Waals surface area contributed by atoms with Gasteiger partial charge >= 0.3 is 0 Å². The number of hydrogen-bond acceptors (Lipinski definition) is 2. The van der Waals surface area contributed by atoms with Crippen molar-refractivity contribution in [1.82, 2.24) is 4.57 Å². The van der Waals surface area contributed by atoms with Crippen LogP contribution in [0.3, 0.4) is 0 Å². The molecule has 2 aromatic carbocycles. The second kappa shape index (κ2) is 6.36. The third-order valence-corrected chi connectivity index (χ3v) is 4.07. The Labute approximate surface area is 143 Å². The summed E-state index contributed by atoms with van der Waals surface area (Å²) in [6.45, 7) is 2.06. The highest BCUT2D eigenvalue weighted by atomic mass is 127. The molecule has 0 radical (unpaired) electrons. The lowest BCUT2D eigenvalue weighted by molar-refractivity contribution is 0.475. The monoisotopic (exact) mass is 402 g/mol. The van der Waals surface area contributed by atoms with Crippen LogP contribution in [-0.4, -0.2) is 15.9 Å². The van der Waals surface area contributed by atoms with Crippen molar-refractivity contribution in [3.63, 3.8) is 0 Å². The fraction of sp³-hybridized carbons (Fsp3) is 0.0556. The SMILES string of the molecule is Cc1cc(I)ccc1N=Cc1cccn1-c1ccc(O)cc1. The summed E-state index contributed by atoms with van der Waals surface area (Å²) in [6, 6.07) is 17.3. The van der Waals surface area contributed by atoms with E-state index in [0.717, 1.165) is 22.6 Å². The van der Waals surface area contributed by atoms with Gasteiger partial charge in [0.1, 0.15) is 5.75 Å². The van der Waals surface area contributed by atoms with E-state index in [9.17, 15) is 5.11 Å². The minimum Gasteiger partial charge on any atom is -0.508 e. The van der Waals surface area contributed by atoms with Gasteiger partial charge < -0.3 is 9.67 Å². The summed E-state index contributed by atoms with van der Waals surface area (Å²) in [5, 5.41) is 9.39. The Balaban J connectivity index is 1.92. The van der Waals surface area contributed by atoms with E-state index in [0.29, 0.717) is 0 Å². The number of phenolic OH excluding ortho intramolecular Hbond substituents is 1. The van der Waals surface area contributed by atoms with Crippen LogP contribution in [-0.2, 0) is 0 Å². The lowest BCUT2D eigenvalue weighted by atomic mass is 10.2. The maximum Gasteiger partial charge on any atom is 0.115 e. The molecule has 0 bridgehead atoms. The molecule has 0 aliphatic carbocycles. The molecule has 1 aromatic heterocycles. The van der Waals surface area contributed by atoms with Crippen LogP contribution in [0.2, 0.25) is 0 Å². The van der Waals surface area contributed by atoms with Crippen molar-refractivity contribution in [3.8, 4) is 11.4 Å². The molecule has 0 saturated heterocycles. The smallest absolute Gasteiger partial charge is 0.115 e. The molecule has 4 heteroatoms. The van der Waals surface area contributed by atoms with Gasteiger partial charge in [-0.05, 0) is 89.7 Å². The maximum absolute atomic E-state index is 9.39. The third kappa shape index (κ3) is 3.22. The van der Waals surface area contributed by atoms with Gasteiger partial charge in [0, 0.05) is 15.5 Å². The average Bonchev–Trinajstić information content (AvgIpc) is 2.95. The van der Waals surface area contributed by atoms with E-state index in [2.05, 4.69) is 46.6 Å². The molecule has 0 atom stereocenters. The minimum absolute atomic E-state index is 0.264. The Hall–Kier alpha value is -2.08. The molecule has 0 spiro atoms. The van der Waals surface area contributed by atoms with E-state index in [1.807, 2.05) is 47.3 Å². The second-order valence-electron chi connectivity index (χ2n) is 5.01. The highest BCUT2D eigenvalue weighted by Crippen LogP contribution is 2.21. The van der Waals surface area contributed by atoms with Gasteiger partial charge in [-0.3, -0.25) is 4.99 Å². The van der Waals surface area contributed by atoms with E-state index < -0.39 is 0 Å². The highest BCUT2D eigenvalue weighted by Gasteiger charge is 2.02. The van der Waals surface area contributed by atoms with Gasteiger partial charge in [0.25, 0.3) is 0 Å². The number of aliphatic imine (C=N–C) groups is 1. The number of nitrogens with zero attached hydrogens (tertiary/aromatic N) is 2. The summed E-state index contributed by atoms with van der Waals surface area (Å²) in [4.78, 5) is 4.59. The highest BCUT2D eigenvalue weighted by molar-refractivity contribution is 14.1. The normalized spacial score (nSPS) is 11.2. The summed E-state index contributed by atoms with van der Waals surface area (Å²) in [5.74, 6) is 0.264. The van der Waals surface area contributed by atoms with Gasteiger partial charge in [-0.2, -0.15) is 0 Å². The number of halogens is 1. The molecule has 3 rings (SSSR count). The van der Waals surface area contributed by atoms with Crippen molar-refractivity contribution in [1.29, 1.82) is 0 Å². The first-order valence-corrected chi connectivity index (χ1v) is 7.98. The predicted octanol–water partition coefficient (Wildman–Crippen LogP) is 4.85. The van der Waals surface area contributed by atoms with Crippen molar-refractivity contribution in [2.24, 2.45) is 4.99 Å². The quantitative estimate of drug-likeness (QED) is 0.494. The molecule has 3 aromatic rings. The molecule has 1 N–H and O–H groups in total. The van der Waals surface area contributed by atoms with Crippen LogP contribution in [0.4, 0.5) is 5.69 Å². The largest absolute Gasteiger partial charge is 0.508 e. The molecule has 0 fully saturated rings.